The van der Waals surface area contributed by atoms with Crippen LogP contribution in [0.15, 0.2) is 76.4 Å². The maximum atomic E-state index is 14.2. The molecule has 11 nitrogen and oxygen atoms in total. The molecule has 1 aromatic heterocycles. The number of carbonyl (C=O) groups excluding carboxylic acids is 2. The Bertz CT molecular complexity index is 2030. The Morgan fingerprint density at radius 2 is 1.64 bits per heavy atom. The van der Waals surface area contributed by atoms with Crippen molar-refractivity contribution in [3.8, 4) is 5.69 Å². The fourth-order valence-electron chi connectivity index (χ4n) is 5.62. The third-order valence-electron chi connectivity index (χ3n) is 8.17. The van der Waals surface area contributed by atoms with E-state index < -0.39 is 33.2 Å². The van der Waals surface area contributed by atoms with Gasteiger partial charge in [-0.25, -0.2) is 17.9 Å². The molecule has 3 aromatic carbocycles. The Hall–Kier alpha value is -4.55. The number of nitrogens with zero attached hydrogens (tertiary/aromatic N) is 5. The maximum Gasteiger partial charge on any atom is 0.410 e. The van der Waals surface area contributed by atoms with E-state index in [1.807, 2.05) is 25.1 Å². The van der Waals surface area contributed by atoms with Crippen LogP contribution in [0.5, 0.6) is 0 Å². The summed E-state index contributed by atoms with van der Waals surface area (Å²) in [5.41, 5.74) is 2.06. The molecule has 2 heterocycles. The van der Waals surface area contributed by atoms with Crippen molar-refractivity contribution < 1.29 is 22.7 Å². The molecule has 4 aromatic rings. The highest BCUT2D eigenvalue weighted by Crippen LogP contribution is 2.33. The number of fused-ring (bicyclic) bond motifs is 1. The molecule has 0 bridgehead atoms. The number of carbonyl (C=O) groups is 2. The van der Waals surface area contributed by atoms with Gasteiger partial charge in [-0.1, -0.05) is 41.9 Å². The monoisotopic (exact) mass is 679 g/mol. The molecule has 0 saturated heterocycles. The molecule has 0 spiro atoms. The second-order valence-electron chi connectivity index (χ2n) is 12.5. The molecule has 1 aliphatic rings. The van der Waals surface area contributed by atoms with Crippen LogP contribution >= 0.6 is 11.6 Å². The normalized spacial score (nSPS) is 13.6. The molecule has 2 amide bonds. The predicted molar refractivity (Wildman–Crippen MR) is 182 cm³/mol. The van der Waals surface area contributed by atoms with Crippen LogP contribution in [0.4, 0.5) is 16.2 Å². The Balaban J connectivity index is 1.52. The lowest BCUT2D eigenvalue weighted by Gasteiger charge is -2.26. The molecule has 13 heteroatoms. The van der Waals surface area contributed by atoms with Gasteiger partial charge < -0.3 is 14.5 Å². The third-order valence-corrected chi connectivity index (χ3v) is 10.4. The van der Waals surface area contributed by atoms with Crippen molar-refractivity contribution in [2.45, 2.75) is 51.7 Å². The number of aromatic nitrogens is 2. The minimum Gasteiger partial charge on any atom is -0.444 e. The lowest BCUT2D eigenvalue weighted by Crippen LogP contribution is -2.40. The van der Waals surface area contributed by atoms with Crippen molar-refractivity contribution in [1.29, 1.82) is 0 Å². The molecule has 0 unspecified atom stereocenters. The smallest absolute Gasteiger partial charge is 0.410 e. The summed E-state index contributed by atoms with van der Waals surface area (Å²) in [5.74, 6) is -0.471. The molecule has 5 rings (SSSR count). The molecule has 47 heavy (non-hydrogen) atoms. The van der Waals surface area contributed by atoms with E-state index >= 15 is 0 Å². The van der Waals surface area contributed by atoms with E-state index in [0.717, 1.165) is 15.4 Å². The van der Waals surface area contributed by atoms with Gasteiger partial charge in [0.1, 0.15) is 16.2 Å². The Labute approximate surface area is 279 Å². The lowest BCUT2D eigenvalue weighted by molar-refractivity contribution is 0.0242. The van der Waals surface area contributed by atoms with E-state index in [1.165, 1.54) is 34.8 Å². The number of hydrogen-bond donors (Lipinski definition) is 0. The molecular formula is C34H38ClN5O6S. The topological polar surface area (TPSA) is 114 Å². The summed E-state index contributed by atoms with van der Waals surface area (Å²) >= 11 is 6.47. The van der Waals surface area contributed by atoms with Crippen molar-refractivity contribution in [3.63, 3.8) is 0 Å². The molecule has 0 radical (unpaired) electrons. The van der Waals surface area contributed by atoms with Gasteiger partial charge in [0.2, 0.25) is 0 Å². The molecule has 0 N–H and O–H groups in total. The van der Waals surface area contributed by atoms with Crippen molar-refractivity contribution in [3.05, 3.63) is 104 Å². The van der Waals surface area contributed by atoms with Crippen LogP contribution in [-0.2, 0) is 28.4 Å². The molecule has 1 aliphatic heterocycles. The van der Waals surface area contributed by atoms with Crippen LogP contribution < -0.4 is 14.8 Å². The lowest BCUT2D eigenvalue weighted by atomic mass is 10.0. The highest BCUT2D eigenvalue weighted by Gasteiger charge is 2.33. The van der Waals surface area contributed by atoms with E-state index in [9.17, 15) is 22.8 Å². The van der Waals surface area contributed by atoms with Gasteiger partial charge in [-0.2, -0.15) is 0 Å². The first-order valence-corrected chi connectivity index (χ1v) is 16.9. The molecular weight excluding hydrogens is 642 g/mol. The fourth-order valence-corrected chi connectivity index (χ4v) is 7.37. The van der Waals surface area contributed by atoms with Gasteiger partial charge in [0.25, 0.3) is 21.5 Å². The first-order valence-electron chi connectivity index (χ1n) is 15.0. The molecule has 248 valence electrons. The summed E-state index contributed by atoms with van der Waals surface area (Å²) < 4.78 is 37.7. The van der Waals surface area contributed by atoms with Crippen LogP contribution in [0.3, 0.4) is 0 Å². The largest absolute Gasteiger partial charge is 0.444 e. The highest BCUT2D eigenvalue weighted by atomic mass is 35.5. The predicted octanol–water partition coefficient (Wildman–Crippen LogP) is 5.67. The SMILES string of the molecule is Cc1cccc2c1CN(C(=O)OC(C)(C)C)CCN2C(=O)c1ccc(Cl)c(S(=O)(=O)N(C)c2c(C)n(C)n(-c3ccccc3)c2=O)c1. The summed E-state index contributed by atoms with van der Waals surface area (Å²) in [6, 6.07) is 18.5. The van der Waals surface area contributed by atoms with Gasteiger partial charge in [0.05, 0.1) is 22.9 Å². The second kappa shape index (κ2) is 12.6. The van der Waals surface area contributed by atoms with Gasteiger partial charge in [0.15, 0.2) is 0 Å². The third kappa shape index (κ3) is 6.39. The number of benzene rings is 3. The number of anilines is 2. The van der Waals surface area contributed by atoms with Crippen molar-refractivity contribution in [1.82, 2.24) is 14.3 Å². The van der Waals surface area contributed by atoms with Gasteiger partial charge in [0, 0.05) is 38.4 Å². The van der Waals surface area contributed by atoms with E-state index in [4.69, 9.17) is 16.3 Å². The molecule has 0 atom stereocenters. The summed E-state index contributed by atoms with van der Waals surface area (Å²) in [6.45, 7) is 9.50. The van der Waals surface area contributed by atoms with E-state index in [2.05, 4.69) is 0 Å². The van der Waals surface area contributed by atoms with E-state index in [-0.39, 0.29) is 40.8 Å². The Morgan fingerprint density at radius 1 is 0.957 bits per heavy atom. The van der Waals surface area contributed by atoms with Gasteiger partial charge in [-0.3, -0.25) is 18.6 Å². The first kappa shape index (κ1) is 33.8. The fraction of sp³-hybridized carbons (Fsp3) is 0.324. The summed E-state index contributed by atoms with van der Waals surface area (Å²) in [4.78, 5) is 43.6. The minimum atomic E-state index is -4.42. The molecule has 0 fully saturated rings. The van der Waals surface area contributed by atoms with E-state index in [0.29, 0.717) is 17.1 Å². The second-order valence-corrected chi connectivity index (χ2v) is 14.8. The number of rotatable bonds is 5. The number of amides is 2. The number of halogens is 1. The van der Waals surface area contributed by atoms with Crippen LogP contribution in [0.25, 0.3) is 5.69 Å². The van der Waals surface area contributed by atoms with Gasteiger partial charge >= 0.3 is 6.09 Å². The Kier molecular flexibility index (Phi) is 9.04. The Morgan fingerprint density at radius 3 is 2.30 bits per heavy atom. The minimum absolute atomic E-state index is 0.0525. The van der Waals surface area contributed by atoms with Crippen molar-refractivity contribution in [2.24, 2.45) is 7.05 Å². The van der Waals surface area contributed by atoms with Crippen LogP contribution in [0.2, 0.25) is 5.02 Å². The van der Waals surface area contributed by atoms with Gasteiger partial charge in [-0.15, -0.1) is 0 Å². The summed E-state index contributed by atoms with van der Waals surface area (Å²) in [6.07, 6.45) is -0.494. The number of sulfonamides is 1. The van der Waals surface area contributed by atoms with Crippen LogP contribution in [-0.4, -0.2) is 60.4 Å². The van der Waals surface area contributed by atoms with Crippen molar-refractivity contribution in [2.75, 3.05) is 29.3 Å². The molecule has 0 saturated carbocycles. The first-order chi connectivity index (χ1) is 22.0. The number of aryl methyl sites for hydroxylation is 1. The zero-order chi connectivity index (χ0) is 34.4. The van der Waals surface area contributed by atoms with E-state index in [1.54, 1.807) is 74.7 Å². The zero-order valence-corrected chi connectivity index (χ0v) is 29.0. The van der Waals surface area contributed by atoms with Crippen LogP contribution in [0, 0.1) is 13.8 Å². The number of ether oxygens (including phenoxy) is 1. The highest BCUT2D eigenvalue weighted by molar-refractivity contribution is 7.93. The maximum absolute atomic E-state index is 14.2. The average molecular weight is 680 g/mol. The van der Waals surface area contributed by atoms with Crippen molar-refractivity contribution >= 4 is 45.0 Å². The van der Waals surface area contributed by atoms with Gasteiger partial charge in [-0.05, 0) is 82.1 Å². The quantitative estimate of drug-likeness (QED) is 0.269. The zero-order valence-electron chi connectivity index (χ0n) is 27.4. The average Bonchev–Trinajstić information content (AvgIpc) is 3.13. The summed E-state index contributed by atoms with van der Waals surface area (Å²) in [7, 11) is -1.46. The van der Waals surface area contributed by atoms with Crippen LogP contribution in [0.1, 0.15) is 48.0 Å². The summed E-state index contributed by atoms with van der Waals surface area (Å²) in [5, 5.41) is -0.103. The standard InChI is InChI=1S/C34H38ClN5O6S/c1-22-12-11-15-28-26(22)21-38(33(43)46-34(3,4)5)18-19-39(28)31(41)24-16-17-27(35)29(20-24)47(44,45)37(7)30-23(2)36(6)40(32(30)42)25-13-9-8-10-14-25/h8-17,20H,18-19,21H2,1-7H3. The molecule has 0 aliphatic carbocycles. The number of hydrogen-bond acceptors (Lipinski definition) is 6. The number of para-hydroxylation sites is 1.